The van der Waals surface area contributed by atoms with E-state index < -0.39 is 0 Å². The van der Waals surface area contributed by atoms with Gasteiger partial charge in [-0.3, -0.25) is 4.79 Å². The smallest absolute Gasteiger partial charge is 0.149 e. The fourth-order valence-electron chi connectivity index (χ4n) is 2.50. The second kappa shape index (κ2) is 4.79. The lowest BCUT2D eigenvalue weighted by Gasteiger charge is -2.27. The number of hydrogen-bond acceptors (Lipinski definition) is 2. The summed E-state index contributed by atoms with van der Waals surface area (Å²) in [5, 5.41) is 3.46. The minimum absolute atomic E-state index is 0.240. The van der Waals surface area contributed by atoms with Gasteiger partial charge in [0.05, 0.1) is 5.54 Å². The highest BCUT2D eigenvalue weighted by molar-refractivity contribution is 5.86. The first-order valence-electron chi connectivity index (χ1n) is 6.03. The molecule has 86 valence electrons. The number of nitrogens with one attached hydrogen (secondary N) is 1. The number of Topliss-reactive ketones (excluding diaryl/α,β-unsaturated/α-hetero) is 1. The van der Waals surface area contributed by atoms with Gasteiger partial charge < -0.3 is 5.32 Å². The van der Waals surface area contributed by atoms with E-state index in [1.165, 1.54) is 18.4 Å². The number of carbonyl (C=O) groups is 1. The molecule has 0 spiro atoms. The van der Waals surface area contributed by atoms with Crippen LogP contribution in [0, 0.1) is 0 Å². The first-order chi connectivity index (χ1) is 7.73. The average Bonchev–Trinajstić information content (AvgIpc) is 2.78. The molecule has 0 heterocycles. The summed E-state index contributed by atoms with van der Waals surface area (Å²) in [5.74, 6) is 0.293. The van der Waals surface area contributed by atoms with Crippen LogP contribution in [0.1, 0.15) is 38.2 Å². The third-order valence-electron chi connectivity index (χ3n) is 3.60. The van der Waals surface area contributed by atoms with Crippen LogP contribution in [0.3, 0.4) is 0 Å². The van der Waals surface area contributed by atoms with Crippen molar-refractivity contribution in [2.24, 2.45) is 0 Å². The SMILES string of the molecule is CC(=O)C1(NCc2ccccc2)CCCC1. The van der Waals surface area contributed by atoms with Gasteiger partial charge in [0.15, 0.2) is 0 Å². The van der Waals surface area contributed by atoms with E-state index in [-0.39, 0.29) is 5.54 Å². The Kier molecular flexibility index (Phi) is 3.39. The van der Waals surface area contributed by atoms with E-state index in [9.17, 15) is 4.79 Å². The maximum Gasteiger partial charge on any atom is 0.149 e. The fourth-order valence-corrected chi connectivity index (χ4v) is 2.50. The van der Waals surface area contributed by atoms with Crippen molar-refractivity contribution in [3.63, 3.8) is 0 Å². The molecule has 2 rings (SSSR count). The van der Waals surface area contributed by atoms with Crippen LogP contribution in [-0.4, -0.2) is 11.3 Å². The highest BCUT2D eigenvalue weighted by atomic mass is 16.1. The number of hydrogen-bond donors (Lipinski definition) is 1. The molecule has 0 aliphatic heterocycles. The summed E-state index contributed by atoms with van der Waals surface area (Å²) >= 11 is 0. The zero-order valence-corrected chi connectivity index (χ0v) is 9.83. The maximum atomic E-state index is 11.7. The molecule has 1 aliphatic rings. The Labute approximate surface area is 97.1 Å². The van der Waals surface area contributed by atoms with Gasteiger partial charge in [0.1, 0.15) is 5.78 Å². The van der Waals surface area contributed by atoms with Crippen molar-refractivity contribution in [3.05, 3.63) is 35.9 Å². The van der Waals surface area contributed by atoms with Gasteiger partial charge in [-0.2, -0.15) is 0 Å². The van der Waals surface area contributed by atoms with Crippen LogP contribution in [-0.2, 0) is 11.3 Å². The molecule has 0 saturated heterocycles. The van der Waals surface area contributed by atoms with E-state index in [1.54, 1.807) is 6.92 Å². The third kappa shape index (κ3) is 2.33. The van der Waals surface area contributed by atoms with E-state index in [4.69, 9.17) is 0 Å². The molecular formula is C14H19NO. The molecule has 0 atom stereocenters. The standard InChI is InChI=1S/C14H19NO/c1-12(16)14(9-5-6-10-14)15-11-13-7-3-2-4-8-13/h2-4,7-8,15H,5-6,9-11H2,1H3. The molecule has 1 N–H and O–H groups in total. The summed E-state index contributed by atoms with van der Waals surface area (Å²) in [6.07, 6.45) is 4.33. The molecular weight excluding hydrogens is 198 g/mol. The number of rotatable bonds is 4. The first kappa shape index (κ1) is 11.3. The van der Waals surface area contributed by atoms with Crippen LogP contribution in [0.5, 0.6) is 0 Å². The van der Waals surface area contributed by atoms with Crippen LogP contribution in [0.4, 0.5) is 0 Å². The fraction of sp³-hybridized carbons (Fsp3) is 0.500. The van der Waals surface area contributed by atoms with Gasteiger partial charge in [-0.1, -0.05) is 43.2 Å². The summed E-state index contributed by atoms with van der Waals surface area (Å²) < 4.78 is 0. The van der Waals surface area contributed by atoms with E-state index in [0.717, 1.165) is 19.4 Å². The van der Waals surface area contributed by atoms with E-state index in [1.807, 2.05) is 18.2 Å². The quantitative estimate of drug-likeness (QED) is 0.840. The largest absolute Gasteiger partial charge is 0.301 e. The average molecular weight is 217 g/mol. The zero-order valence-electron chi connectivity index (χ0n) is 9.83. The van der Waals surface area contributed by atoms with E-state index in [0.29, 0.717) is 5.78 Å². The molecule has 0 bridgehead atoms. The summed E-state index contributed by atoms with van der Waals surface area (Å²) in [5.41, 5.74) is 1.01. The van der Waals surface area contributed by atoms with Gasteiger partial charge in [0, 0.05) is 6.54 Å². The molecule has 0 amide bonds. The van der Waals surface area contributed by atoms with Gasteiger partial charge in [0.25, 0.3) is 0 Å². The number of ketones is 1. The van der Waals surface area contributed by atoms with E-state index >= 15 is 0 Å². The van der Waals surface area contributed by atoms with Crippen molar-refractivity contribution in [2.75, 3.05) is 0 Å². The molecule has 1 saturated carbocycles. The highest BCUT2D eigenvalue weighted by Crippen LogP contribution is 2.30. The minimum Gasteiger partial charge on any atom is -0.301 e. The molecule has 1 aromatic rings. The van der Waals surface area contributed by atoms with Crippen molar-refractivity contribution in [2.45, 2.75) is 44.7 Å². The van der Waals surface area contributed by atoms with Crippen LogP contribution in [0.15, 0.2) is 30.3 Å². The second-order valence-electron chi connectivity index (χ2n) is 4.68. The molecule has 1 aromatic carbocycles. The second-order valence-corrected chi connectivity index (χ2v) is 4.68. The van der Waals surface area contributed by atoms with Gasteiger partial charge >= 0.3 is 0 Å². The Balaban J connectivity index is 2.00. The lowest BCUT2D eigenvalue weighted by Crippen LogP contribution is -2.48. The maximum absolute atomic E-state index is 11.7. The van der Waals surface area contributed by atoms with Gasteiger partial charge in [-0.15, -0.1) is 0 Å². The van der Waals surface area contributed by atoms with Crippen molar-refractivity contribution in [1.29, 1.82) is 0 Å². The van der Waals surface area contributed by atoms with E-state index in [2.05, 4.69) is 17.4 Å². The molecule has 0 radical (unpaired) electrons. The molecule has 1 fully saturated rings. The van der Waals surface area contributed by atoms with Crippen LogP contribution in [0.2, 0.25) is 0 Å². The van der Waals surface area contributed by atoms with Gasteiger partial charge in [0.2, 0.25) is 0 Å². The Hall–Kier alpha value is -1.15. The summed E-state index contributed by atoms with van der Waals surface area (Å²) in [6, 6.07) is 10.3. The Morgan fingerprint density at radius 1 is 1.25 bits per heavy atom. The normalized spacial score (nSPS) is 18.6. The lowest BCUT2D eigenvalue weighted by molar-refractivity contribution is -0.123. The van der Waals surface area contributed by atoms with Crippen molar-refractivity contribution in [3.8, 4) is 0 Å². The highest BCUT2D eigenvalue weighted by Gasteiger charge is 2.37. The summed E-state index contributed by atoms with van der Waals surface area (Å²) in [7, 11) is 0. The molecule has 0 aromatic heterocycles. The first-order valence-corrected chi connectivity index (χ1v) is 6.03. The zero-order chi connectivity index (χ0) is 11.4. The Morgan fingerprint density at radius 3 is 2.44 bits per heavy atom. The minimum atomic E-state index is -0.240. The Morgan fingerprint density at radius 2 is 1.88 bits per heavy atom. The third-order valence-corrected chi connectivity index (χ3v) is 3.60. The molecule has 2 nitrogen and oxygen atoms in total. The van der Waals surface area contributed by atoms with Gasteiger partial charge in [-0.05, 0) is 25.3 Å². The molecule has 1 aliphatic carbocycles. The predicted octanol–water partition coefficient (Wildman–Crippen LogP) is 2.68. The van der Waals surface area contributed by atoms with Crippen molar-refractivity contribution >= 4 is 5.78 Å². The molecule has 0 unspecified atom stereocenters. The number of benzene rings is 1. The summed E-state index contributed by atoms with van der Waals surface area (Å²) in [4.78, 5) is 11.7. The van der Waals surface area contributed by atoms with Crippen LogP contribution in [0.25, 0.3) is 0 Å². The van der Waals surface area contributed by atoms with Crippen LogP contribution >= 0.6 is 0 Å². The van der Waals surface area contributed by atoms with Crippen molar-refractivity contribution in [1.82, 2.24) is 5.32 Å². The Bertz CT molecular complexity index is 352. The number of carbonyl (C=O) groups excluding carboxylic acids is 1. The topological polar surface area (TPSA) is 29.1 Å². The summed E-state index contributed by atoms with van der Waals surface area (Å²) in [6.45, 7) is 2.50. The molecule has 2 heteroatoms. The predicted molar refractivity (Wildman–Crippen MR) is 65.2 cm³/mol. The van der Waals surface area contributed by atoms with Gasteiger partial charge in [-0.25, -0.2) is 0 Å². The monoisotopic (exact) mass is 217 g/mol. The lowest BCUT2D eigenvalue weighted by atomic mass is 9.92. The van der Waals surface area contributed by atoms with Crippen molar-refractivity contribution < 1.29 is 4.79 Å². The molecule has 16 heavy (non-hydrogen) atoms. The van der Waals surface area contributed by atoms with Crippen LogP contribution < -0.4 is 5.32 Å².